The molecule has 6 aliphatic rings. The molecule has 238 valence electrons. The van der Waals surface area contributed by atoms with Gasteiger partial charge in [-0.25, -0.2) is 0 Å². The molecular formula is C34H55NO7. The summed E-state index contributed by atoms with van der Waals surface area (Å²) >= 11 is 0. The molecule has 0 aromatic heterocycles. The molecule has 42 heavy (non-hydrogen) atoms. The van der Waals surface area contributed by atoms with Crippen LogP contribution in [0.4, 0.5) is 0 Å². The van der Waals surface area contributed by atoms with Crippen molar-refractivity contribution in [1.82, 2.24) is 0 Å². The highest BCUT2D eigenvalue weighted by Gasteiger charge is 2.84. The van der Waals surface area contributed by atoms with Gasteiger partial charge in [0.1, 0.15) is 6.10 Å². The van der Waals surface area contributed by atoms with Crippen LogP contribution in [0.3, 0.4) is 0 Å². The Kier molecular flexibility index (Phi) is 6.89. The van der Waals surface area contributed by atoms with Gasteiger partial charge in [-0.15, -0.1) is 0 Å². The number of aliphatic hydroxyl groups is 2. The molecule has 2 spiro atoms. The number of carbonyl (C=O) groups excluding carboxylic acids is 2. The topological polar surface area (TPSA) is 128 Å². The Morgan fingerprint density at radius 1 is 1.05 bits per heavy atom. The normalized spacial score (nSPS) is 51.1. The smallest absolute Gasteiger partial charge is 0.319 e. The zero-order valence-electron chi connectivity index (χ0n) is 27.1. The van der Waals surface area contributed by atoms with E-state index in [1.54, 1.807) is 13.8 Å². The first-order valence-electron chi connectivity index (χ1n) is 16.5. The molecule has 0 radical (unpaired) electrons. The van der Waals surface area contributed by atoms with Crippen LogP contribution >= 0.6 is 0 Å². The van der Waals surface area contributed by atoms with Gasteiger partial charge in [0.05, 0.1) is 30.5 Å². The molecule has 8 heteroatoms. The van der Waals surface area contributed by atoms with Gasteiger partial charge in [0, 0.05) is 17.8 Å². The first-order valence-corrected chi connectivity index (χ1v) is 16.5. The van der Waals surface area contributed by atoms with Crippen LogP contribution in [0.25, 0.3) is 0 Å². The van der Waals surface area contributed by atoms with E-state index in [0.717, 1.165) is 32.1 Å². The molecule has 0 amide bonds. The lowest BCUT2D eigenvalue weighted by Crippen LogP contribution is -2.60. The van der Waals surface area contributed by atoms with Gasteiger partial charge in [0.2, 0.25) is 0 Å². The van der Waals surface area contributed by atoms with Crippen molar-refractivity contribution in [2.75, 3.05) is 6.54 Å². The molecular weight excluding hydrogens is 534 g/mol. The van der Waals surface area contributed by atoms with Gasteiger partial charge in [0.25, 0.3) is 0 Å². The van der Waals surface area contributed by atoms with Crippen molar-refractivity contribution >= 4 is 11.9 Å². The molecule has 5 saturated carbocycles. The molecule has 0 aromatic carbocycles. The SMILES string of the molecule is CC(=O)O[C@@H]([C@H]1C[C@@H](C)C2[C@H](O1)[C@H](O)[C@@]1(C)[C@@H]3CC[C@H]4C(C)(C)[C@@H](OC(=O)CN)CC[C@@]45C[C@@]35CC[C@]21C)C(C)(C)O. The van der Waals surface area contributed by atoms with E-state index in [-0.39, 0.29) is 63.6 Å². The van der Waals surface area contributed by atoms with Crippen LogP contribution in [-0.2, 0) is 23.8 Å². The van der Waals surface area contributed by atoms with E-state index < -0.39 is 29.9 Å². The maximum Gasteiger partial charge on any atom is 0.319 e. The fourth-order valence-corrected chi connectivity index (χ4v) is 12.8. The van der Waals surface area contributed by atoms with Crippen molar-refractivity contribution in [2.24, 2.45) is 56.5 Å². The predicted molar refractivity (Wildman–Crippen MR) is 157 cm³/mol. The third-order valence-corrected chi connectivity index (χ3v) is 14.5. The van der Waals surface area contributed by atoms with Crippen molar-refractivity contribution in [3.63, 3.8) is 0 Å². The second-order valence-corrected chi connectivity index (χ2v) is 16.9. The maximum absolute atomic E-state index is 12.4. The minimum atomic E-state index is -1.26. The summed E-state index contributed by atoms with van der Waals surface area (Å²) in [5, 5.41) is 23.4. The van der Waals surface area contributed by atoms with E-state index in [1.807, 2.05) is 0 Å². The molecule has 1 aliphatic heterocycles. The number of esters is 2. The highest BCUT2D eigenvalue weighted by Crippen LogP contribution is 2.89. The van der Waals surface area contributed by atoms with Gasteiger partial charge in [-0.2, -0.15) is 0 Å². The Bertz CT molecular complexity index is 1130. The summed E-state index contributed by atoms with van der Waals surface area (Å²) in [7, 11) is 0. The second-order valence-electron chi connectivity index (χ2n) is 16.9. The third kappa shape index (κ3) is 3.79. The Balaban J connectivity index is 1.31. The second kappa shape index (κ2) is 9.40. The average molecular weight is 590 g/mol. The van der Waals surface area contributed by atoms with E-state index in [9.17, 15) is 19.8 Å². The van der Waals surface area contributed by atoms with Crippen LogP contribution < -0.4 is 5.73 Å². The summed E-state index contributed by atoms with van der Waals surface area (Å²) in [6.07, 6.45) is 5.84. The zero-order chi connectivity index (χ0) is 30.8. The lowest BCUT2D eigenvalue weighted by atomic mass is 9.41. The van der Waals surface area contributed by atoms with Gasteiger partial charge in [-0.1, -0.05) is 34.6 Å². The molecule has 6 fully saturated rings. The van der Waals surface area contributed by atoms with E-state index >= 15 is 0 Å². The van der Waals surface area contributed by atoms with Crippen molar-refractivity contribution in [1.29, 1.82) is 0 Å². The number of aliphatic hydroxyl groups excluding tert-OH is 1. The van der Waals surface area contributed by atoms with Gasteiger partial charge >= 0.3 is 11.9 Å². The molecule has 5 aliphatic carbocycles. The van der Waals surface area contributed by atoms with E-state index in [0.29, 0.717) is 18.3 Å². The van der Waals surface area contributed by atoms with Crippen LogP contribution in [0.1, 0.15) is 107 Å². The lowest BCUT2D eigenvalue weighted by molar-refractivity contribution is -0.216. The predicted octanol–water partition coefficient (Wildman–Crippen LogP) is 4.37. The molecule has 1 heterocycles. The molecule has 0 bridgehead atoms. The quantitative estimate of drug-likeness (QED) is 0.403. The standard InChI is InChI=1S/C34H55NO7/c1-18-15-20(28(30(5,6)39)40-19(2)36)41-26-25(18)31(7)13-14-34-17-33(34)12-11-23(42-24(37)16-35)29(3,4)21(33)9-10-22(34)32(31,8)27(26)38/h18,20-23,25-28,38-39H,9-17,35H2,1-8H3/t18-,20-,21+,22+,23+,25?,26+,27+,28+,31-,32-,33-,34+/m1/s1. The van der Waals surface area contributed by atoms with Crippen LogP contribution in [0.2, 0.25) is 0 Å². The summed E-state index contributed by atoms with van der Waals surface area (Å²) in [5.41, 5.74) is 4.27. The average Bonchev–Trinajstić information content (AvgIpc) is 3.52. The Morgan fingerprint density at radius 2 is 1.69 bits per heavy atom. The molecule has 13 atom stereocenters. The van der Waals surface area contributed by atoms with Crippen LogP contribution in [0, 0.1) is 50.7 Å². The Morgan fingerprint density at radius 3 is 2.31 bits per heavy atom. The molecule has 1 saturated heterocycles. The first-order chi connectivity index (χ1) is 19.4. The largest absolute Gasteiger partial charge is 0.461 e. The Hall–Kier alpha value is -1.22. The molecule has 6 rings (SSSR count). The van der Waals surface area contributed by atoms with Crippen molar-refractivity contribution in [3.8, 4) is 0 Å². The zero-order valence-corrected chi connectivity index (χ0v) is 27.1. The summed E-state index contributed by atoms with van der Waals surface area (Å²) < 4.78 is 18.3. The molecule has 0 aromatic rings. The van der Waals surface area contributed by atoms with Crippen molar-refractivity contribution in [3.05, 3.63) is 0 Å². The number of hydrogen-bond acceptors (Lipinski definition) is 8. The van der Waals surface area contributed by atoms with Crippen LogP contribution in [-0.4, -0.2) is 64.8 Å². The fourth-order valence-electron chi connectivity index (χ4n) is 12.8. The van der Waals surface area contributed by atoms with Crippen LogP contribution in [0.5, 0.6) is 0 Å². The van der Waals surface area contributed by atoms with Gasteiger partial charge in [-0.05, 0) is 105 Å². The summed E-state index contributed by atoms with van der Waals surface area (Å²) in [5.74, 6) is 0.575. The van der Waals surface area contributed by atoms with E-state index in [4.69, 9.17) is 19.9 Å². The van der Waals surface area contributed by atoms with Crippen molar-refractivity contribution in [2.45, 2.75) is 143 Å². The number of rotatable bonds is 5. The van der Waals surface area contributed by atoms with E-state index in [1.165, 1.54) is 19.8 Å². The van der Waals surface area contributed by atoms with Gasteiger partial charge in [-0.3, -0.25) is 9.59 Å². The third-order valence-electron chi connectivity index (χ3n) is 14.5. The Labute approximate surface area is 251 Å². The summed E-state index contributed by atoms with van der Waals surface area (Å²) in [4.78, 5) is 24.2. The van der Waals surface area contributed by atoms with Crippen molar-refractivity contribution < 1.29 is 34.0 Å². The highest BCUT2D eigenvalue weighted by molar-refractivity contribution is 5.71. The number of fused-ring (bicyclic) bond motifs is 4. The van der Waals surface area contributed by atoms with Gasteiger partial charge < -0.3 is 30.2 Å². The summed E-state index contributed by atoms with van der Waals surface area (Å²) in [6.45, 7) is 16.2. The molecule has 4 N–H and O–H groups in total. The first kappa shape index (κ1) is 30.8. The lowest BCUT2D eigenvalue weighted by Gasteiger charge is -2.63. The maximum atomic E-state index is 12.4. The monoisotopic (exact) mass is 589 g/mol. The fraction of sp³-hybridized carbons (Fsp3) is 0.941. The highest BCUT2D eigenvalue weighted by atomic mass is 16.6. The number of carbonyl (C=O) groups is 2. The summed E-state index contributed by atoms with van der Waals surface area (Å²) in [6, 6.07) is 0. The number of hydrogen-bond donors (Lipinski definition) is 3. The van der Waals surface area contributed by atoms with Crippen LogP contribution in [0.15, 0.2) is 0 Å². The number of ether oxygens (including phenoxy) is 3. The van der Waals surface area contributed by atoms with Gasteiger partial charge in [0.15, 0.2) is 6.10 Å². The molecule has 1 unspecified atom stereocenters. The minimum absolute atomic E-state index is 0.0790. The number of nitrogens with two attached hydrogens (primary N) is 1. The molecule has 8 nitrogen and oxygen atoms in total. The van der Waals surface area contributed by atoms with E-state index in [2.05, 4.69) is 34.6 Å². The minimum Gasteiger partial charge on any atom is -0.461 e.